The first-order valence-electron chi connectivity index (χ1n) is 11.2. The molecule has 3 N–H and O–H groups in total. The van der Waals surface area contributed by atoms with Crippen LogP contribution in [0.1, 0.15) is 11.4 Å². The molecule has 12 heteroatoms. The lowest BCUT2D eigenvalue weighted by molar-refractivity contribution is -0.141. The van der Waals surface area contributed by atoms with E-state index in [1.54, 1.807) is 6.07 Å². The average molecular weight is 537 g/mol. The van der Waals surface area contributed by atoms with Crippen LogP contribution in [-0.2, 0) is 22.7 Å². The van der Waals surface area contributed by atoms with Crippen LogP contribution in [0.5, 0.6) is 0 Å². The fraction of sp³-hybridized carbons (Fsp3) is 0.0769. The van der Waals surface area contributed by atoms with Gasteiger partial charge in [0.05, 0.1) is 23.1 Å². The van der Waals surface area contributed by atoms with Gasteiger partial charge in [0, 0.05) is 18.0 Å². The molecule has 5 rings (SSSR count). The third-order valence-corrected chi connectivity index (χ3v) is 6.52. The number of alkyl halides is 3. The number of nitrogens with zero attached hydrogens (tertiary/aromatic N) is 4. The van der Waals surface area contributed by atoms with Crippen LogP contribution in [0, 0.1) is 0 Å². The van der Waals surface area contributed by atoms with Crippen molar-refractivity contribution in [2.24, 2.45) is 5.14 Å². The van der Waals surface area contributed by atoms with Crippen LogP contribution in [0.3, 0.4) is 0 Å². The number of primary sulfonamides is 1. The van der Waals surface area contributed by atoms with E-state index >= 15 is 0 Å². The van der Waals surface area contributed by atoms with Crippen molar-refractivity contribution in [3.8, 4) is 22.5 Å². The molecule has 0 spiro atoms. The molecule has 3 heterocycles. The van der Waals surface area contributed by atoms with Crippen LogP contribution in [0.4, 0.5) is 19.0 Å². The highest BCUT2D eigenvalue weighted by Crippen LogP contribution is 2.34. The molecule has 38 heavy (non-hydrogen) atoms. The first kappa shape index (κ1) is 25.2. The van der Waals surface area contributed by atoms with Gasteiger partial charge in [0.25, 0.3) is 0 Å². The molecule has 0 atom stereocenters. The summed E-state index contributed by atoms with van der Waals surface area (Å²) in [6.07, 6.45) is -2.06. The van der Waals surface area contributed by atoms with Crippen LogP contribution in [0.2, 0.25) is 0 Å². The SMILES string of the molecule is NS(=O)(=O)c1cncc(-c2nc(NCc3cccc(C(F)(F)F)n3)c3c(-c4ccccc4)cccc3n2)c1. The number of fused-ring (bicyclic) bond motifs is 1. The molecule has 0 fully saturated rings. The molecule has 0 bridgehead atoms. The lowest BCUT2D eigenvalue weighted by atomic mass is 10.0. The number of sulfonamides is 1. The van der Waals surface area contributed by atoms with E-state index in [1.165, 1.54) is 24.4 Å². The van der Waals surface area contributed by atoms with Gasteiger partial charge in [0.1, 0.15) is 16.4 Å². The van der Waals surface area contributed by atoms with Crippen LogP contribution in [0.15, 0.2) is 90.1 Å². The van der Waals surface area contributed by atoms with E-state index in [9.17, 15) is 21.6 Å². The molecule has 0 aliphatic rings. The molecule has 5 aromatic rings. The Balaban J connectivity index is 1.65. The van der Waals surface area contributed by atoms with Gasteiger partial charge in [-0.15, -0.1) is 0 Å². The van der Waals surface area contributed by atoms with E-state index < -0.39 is 21.9 Å². The van der Waals surface area contributed by atoms with Crippen LogP contribution >= 0.6 is 0 Å². The van der Waals surface area contributed by atoms with Crippen LogP contribution < -0.4 is 10.5 Å². The number of nitrogens with one attached hydrogen (secondary N) is 1. The van der Waals surface area contributed by atoms with E-state index in [4.69, 9.17) is 5.14 Å². The third-order valence-electron chi connectivity index (χ3n) is 5.64. The summed E-state index contributed by atoms with van der Waals surface area (Å²) in [6, 6.07) is 19.9. The normalized spacial score (nSPS) is 12.0. The Morgan fingerprint density at radius 1 is 0.842 bits per heavy atom. The lowest BCUT2D eigenvalue weighted by Gasteiger charge is -2.15. The standard InChI is InChI=1S/C26H19F3N6O2S/c27-26(28,29)22-11-4-8-18(33-22)14-32-25-23-20(16-6-2-1-3-7-16)9-5-10-21(23)34-24(35-25)17-12-19(15-31-13-17)38(30,36)37/h1-13,15H,14H2,(H2,30,36,37)(H,32,34,35). The first-order valence-corrected chi connectivity index (χ1v) is 12.8. The molecule has 0 saturated carbocycles. The van der Waals surface area contributed by atoms with Gasteiger partial charge >= 0.3 is 6.18 Å². The summed E-state index contributed by atoms with van der Waals surface area (Å²) in [6.45, 7) is -0.0614. The fourth-order valence-corrected chi connectivity index (χ4v) is 4.40. The molecule has 0 aliphatic carbocycles. The van der Waals surface area contributed by atoms with Gasteiger partial charge in [0.2, 0.25) is 10.0 Å². The summed E-state index contributed by atoms with van der Waals surface area (Å²) in [5, 5.41) is 8.99. The zero-order valence-electron chi connectivity index (χ0n) is 19.5. The fourth-order valence-electron chi connectivity index (χ4n) is 3.91. The van der Waals surface area contributed by atoms with Crippen molar-refractivity contribution in [3.63, 3.8) is 0 Å². The molecule has 0 aliphatic heterocycles. The highest BCUT2D eigenvalue weighted by Gasteiger charge is 2.32. The monoisotopic (exact) mass is 536 g/mol. The maximum atomic E-state index is 13.2. The van der Waals surface area contributed by atoms with E-state index in [2.05, 4.69) is 25.3 Å². The largest absolute Gasteiger partial charge is 0.433 e. The van der Waals surface area contributed by atoms with Gasteiger partial charge in [-0.3, -0.25) is 4.98 Å². The molecule has 0 unspecified atom stereocenters. The Kier molecular flexibility index (Phi) is 6.51. The second kappa shape index (κ2) is 9.80. The zero-order valence-corrected chi connectivity index (χ0v) is 20.3. The minimum absolute atomic E-state index is 0.0614. The minimum atomic E-state index is -4.58. The van der Waals surface area contributed by atoms with Gasteiger partial charge in [0.15, 0.2) is 5.82 Å². The molecule has 0 amide bonds. The summed E-state index contributed by atoms with van der Waals surface area (Å²) in [5.41, 5.74) is 1.66. The van der Waals surface area contributed by atoms with E-state index in [1.807, 2.05) is 42.5 Å². The Morgan fingerprint density at radius 3 is 2.34 bits per heavy atom. The van der Waals surface area contributed by atoms with Gasteiger partial charge in [-0.25, -0.2) is 28.5 Å². The number of nitrogens with two attached hydrogens (primary N) is 1. The third kappa shape index (κ3) is 5.31. The highest BCUT2D eigenvalue weighted by atomic mass is 32.2. The van der Waals surface area contributed by atoms with Crippen molar-refractivity contribution in [1.82, 2.24) is 19.9 Å². The predicted octanol–water partition coefficient (Wildman–Crippen LogP) is 5.03. The van der Waals surface area contributed by atoms with E-state index in [0.717, 1.165) is 23.4 Å². The molecular weight excluding hydrogens is 517 g/mol. The second-order valence-electron chi connectivity index (χ2n) is 8.28. The topological polar surface area (TPSA) is 124 Å². The summed E-state index contributed by atoms with van der Waals surface area (Å²) >= 11 is 0. The van der Waals surface area contributed by atoms with Crippen molar-refractivity contribution < 1.29 is 21.6 Å². The number of rotatable bonds is 6. The van der Waals surface area contributed by atoms with E-state index in [0.29, 0.717) is 22.3 Å². The average Bonchev–Trinajstić information content (AvgIpc) is 2.91. The molecule has 0 saturated heterocycles. The molecule has 192 valence electrons. The van der Waals surface area contributed by atoms with Crippen molar-refractivity contribution >= 4 is 26.7 Å². The van der Waals surface area contributed by atoms with Gasteiger partial charge in [-0.1, -0.05) is 48.5 Å². The van der Waals surface area contributed by atoms with Gasteiger partial charge in [-0.2, -0.15) is 13.2 Å². The second-order valence-corrected chi connectivity index (χ2v) is 9.84. The number of pyridine rings is 2. The van der Waals surface area contributed by atoms with Crippen molar-refractivity contribution in [2.75, 3.05) is 5.32 Å². The Bertz CT molecular complexity index is 1750. The highest BCUT2D eigenvalue weighted by molar-refractivity contribution is 7.89. The number of anilines is 1. The Morgan fingerprint density at radius 2 is 1.61 bits per heavy atom. The maximum absolute atomic E-state index is 13.2. The Hall–Kier alpha value is -4.42. The van der Waals surface area contributed by atoms with Crippen molar-refractivity contribution in [3.05, 3.63) is 96.6 Å². The van der Waals surface area contributed by atoms with Crippen LogP contribution in [-0.4, -0.2) is 28.4 Å². The quantitative estimate of drug-likeness (QED) is 0.312. The first-order chi connectivity index (χ1) is 18.1. The molecule has 2 aromatic carbocycles. The number of hydrogen-bond donors (Lipinski definition) is 2. The van der Waals surface area contributed by atoms with Crippen molar-refractivity contribution in [2.45, 2.75) is 17.6 Å². The summed E-state index contributed by atoms with van der Waals surface area (Å²) in [5.74, 6) is 0.477. The summed E-state index contributed by atoms with van der Waals surface area (Å²) in [7, 11) is -4.02. The van der Waals surface area contributed by atoms with Crippen molar-refractivity contribution in [1.29, 1.82) is 0 Å². The van der Waals surface area contributed by atoms with Gasteiger partial charge in [-0.05, 0) is 35.4 Å². The summed E-state index contributed by atoms with van der Waals surface area (Å²) in [4.78, 5) is 16.7. The van der Waals surface area contributed by atoms with Crippen LogP contribution in [0.25, 0.3) is 33.4 Å². The van der Waals surface area contributed by atoms with Gasteiger partial charge < -0.3 is 5.32 Å². The maximum Gasteiger partial charge on any atom is 0.433 e. The molecule has 8 nitrogen and oxygen atoms in total. The number of benzene rings is 2. The zero-order chi connectivity index (χ0) is 26.9. The molecular formula is C26H19F3N6O2S. The minimum Gasteiger partial charge on any atom is -0.364 e. The number of halogens is 3. The predicted molar refractivity (Wildman–Crippen MR) is 136 cm³/mol. The molecule has 0 radical (unpaired) electrons. The number of hydrogen-bond acceptors (Lipinski definition) is 7. The number of aromatic nitrogens is 4. The molecule has 3 aromatic heterocycles. The van der Waals surface area contributed by atoms with E-state index in [-0.39, 0.29) is 23.0 Å². The Labute approximate surface area is 215 Å². The smallest absolute Gasteiger partial charge is 0.364 e. The lowest BCUT2D eigenvalue weighted by Crippen LogP contribution is -2.13. The summed E-state index contributed by atoms with van der Waals surface area (Å²) < 4.78 is 63.2.